The summed E-state index contributed by atoms with van der Waals surface area (Å²) in [7, 11) is 0. The van der Waals surface area contributed by atoms with Crippen molar-refractivity contribution in [3.8, 4) is 0 Å². The van der Waals surface area contributed by atoms with E-state index in [1.54, 1.807) is 23.1 Å². The molecular formula is C14H15BrClNO3. The third kappa shape index (κ3) is 3.15. The van der Waals surface area contributed by atoms with Crippen molar-refractivity contribution in [1.82, 2.24) is 4.90 Å². The van der Waals surface area contributed by atoms with E-state index in [0.717, 1.165) is 4.47 Å². The summed E-state index contributed by atoms with van der Waals surface area (Å²) in [5.74, 6) is -1.30. The summed E-state index contributed by atoms with van der Waals surface area (Å²) in [5, 5.41) is 9.46. The predicted octanol–water partition coefficient (Wildman–Crippen LogP) is 3.43. The summed E-state index contributed by atoms with van der Waals surface area (Å²) < 4.78 is 0.790. The maximum atomic E-state index is 12.5. The first-order valence-electron chi connectivity index (χ1n) is 6.39. The maximum Gasteiger partial charge on any atom is 0.306 e. The van der Waals surface area contributed by atoms with Crippen molar-refractivity contribution in [2.24, 2.45) is 5.92 Å². The van der Waals surface area contributed by atoms with Crippen LogP contribution in [0.5, 0.6) is 0 Å². The number of hydrogen-bond donors (Lipinski definition) is 1. The lowest BCUT2D eigenvalue weighted by molar-refractivity contribution is -0.143. The number of nitrogens with zero attached hydrogens (tertiary/aromatic N) is 1. The third-order valence-electron chi connectivity index (χ3n) is 3.65. The molecule has 2 atom stereocenters. The number of hydrogen-bond acceptors (Lipinski definition) is 2. The Balaban J connectivity index is 2.18. The Hall–Kier alpha value is -1.07. The normalized spacial score (nSPS) is 22.6. The van der Waals surface area contributed by atoms with Gasteiger partial charge in [0.25, 0.3) is 5.91 Å². The lowest BCUT2D eigenvalue weighted by Gasteiger charge is -2.36. The SMILES string of the molecule is CC1CC(C(=O)O)CCN1C(=O)c1cc(Br)ccc1Cl. The Labute approximate surface area is 130 Å². The lowest BCUT2D eigenvalue weighted by atomic mass is 9.91. The van der Waals surface area contributed by atoms with Crippen LogP contribution < -0.4 is 0 Å². The predicted molar refractivity (Wildman–Crippen MR) is 80.0 cm³/mol. The molecule has 108 valence electrons. The van der Waals surface area contributed by atoms with Crippen LogP contribution in [-0.4, -0.2) is 34.5 Å². The number of rotatable bonds is 2. The van der Waals surface area contributed by atoms with Crippen LogP contribution in [0.1, 0.15) is 30.1 Å². The van der Waals surface area contributed by atoms with Gasteiger partial charge < -0.3 is 10.0 Å². The van der Waals surface area contributed by atoms with Gasteiger partial charge in [0, 0.05) is 17.1 Å². The number of carboxylic acid groups (broad SMARTS) is 1. The molecule has 2 unspecified atom stereocenters. The average molecular weight is 361 g/mol. The molecule has 4 nitrogen and oxygen atoms in total. The summed E-state index contributed by atoms with van der Waals surface area (Å²) in [6.07, 6.45) is 0.962. The van der Waals surface area contributed by atoms with Gasteiger partial charge >= 0.3 is 5.97 Å². The molecule has 0 saturated carbocycles. The minimum atomic E-state index is -0.788. The largest absolute Gasteiger partial charge is 0.481 e. The molecule has 1 amide bonds. The van der Waals surface area contributed by atoms with Gasteiger partial charge in [-0.25, -0.2) is 0 Å². The van der Waals surface area contributed by atoms with Crippen molar-refractivity contribution in [3.63, 3.8) is 0 Å². The zero-order valence-corrected chi connectivity index (χ0v) is 13.3. The molecule has 0 bridgehead atoms. The number of likely N-dealkylation sites (tertiary alicyclic amines) is 1. The molecule has 1 aromatic rings. The van der Waals surface area contributed by atoms with Crippen molar-refractivity contribution < 1.29 is 14.7 Å². The Morgan fingerprint density at radius 2 is 2.15 bits per heavy atom. The van der Waals surface area contributed by atoms with Gasteiger partial charge in [-0.2, -0.15) is 0 Å². The van der Waals surface area contributed by atoms with Gasteiger partial charge in [0.05, 0.1) is 16.5 Å². The van der Waals surface area contributed by atoms with Crippen LogP contribution in [0, 0.1) is 5.92 Å². The Bertz CT molecular complexity index is 549. The fraction of sp³-hybridized carbons (Fsp3) is 0.429. The number of amides is 1. The van der Waals surface area contributed by atoms with Crippen LogP contribution in [-0.2, 0) is 4.79 Å². The molecule has 1 heterocycles. The number of piperidine rings is 1. The minimum absolute atomic E-state index is 0.104. The second-order valence-corrected chi connectivity index (χ2v) is 6.35. The van der Waals surface area contributed by atoms with Crippen molar-refractivity contribution >= 4 is 39.4 Å². The van der Waals surface area contributed by atoms with E-state index < -0.39 is 5.97 Å². The Morgan fingerprint density at radius 3 is 2.75 bits per heavy atom. The first kappa shape index (κ1) is 15.3. The Morgan fingerprint density at radius 1 is 1.45 bits per heavy atom. The summed E-state index contributed by atoms with van der Waals surface area (Å²) in [5.41, 5.74) is 0.446. The summed E-state index contributed by atoms with van der Waals surface area (Å²) in [6, 6.07) is 5.04. The smallest absolute Gasteiger partial charge is 0.306 e. The van der Waals surface area contributed by atoms with E-state index in [9.17, 15) is 9.59 Å². The molecule has 1 N–H and O–H groups in total. The summed E-state index contributed by atoms with van der Waals surface area (Å²) in [4.78, 5) is 25.2. The van der Waals surface area contributed by atoms with E-state index in [1.165, 1.54) is 0 Å². The topological polar surface area (TPSA) is 57.6 Å². The molecule has 0 aliphatic carbocycles. The molecule has 1 saturated heterocycles. The highest BCUT2D eigenvalue weighted by Gasteiger charge is 2.33. The van der Waals surface area contributed by atoms with E-state index >= 15 is 0 Å². The standard InChI is InChI=1S/C14H15BrClNO3/c1-8-6-9(14(19)20)4-5-17(8)13(18)11-7-10(15)2-3-12(11)16/h2-3,7-9H,4-6H2,1H3,(H,19,20). The summed E-state index contributed by atoms with van der Waals surface area (Å²) in [6.45, 7) is 2.32. The molecule has 0 aromatic heterocycles. The molecule has 1 aromatic carbocycles. The second-order valence-electron chi connectivity index (χ2n) is 5.03. The van der Waals surface area contributed by atoms with Gasteiger partial charge in [0.1, 0.15) is 0 Å². The van der Waals surface area contributed by atoms with Crippen molar-refractivity contribution in [3.05, 3.63) is 33.3 Å². The van der Waals surface area contributed by atoms with Gasteiger partial charge in [-0.05, 0) is 38.0 Å². The lowest BCUT2D eigenvalue weighted by Crippen LogP contribution is -2.46. The van der Waals surface area contributed by atoms with E-state index in [0.29, 0.717) is 30.0 Å². The van der Waals surface area contributed by atoms with E-state index in [-0.39, 0.29) is 17.9 Å². The van der Waals surface area contributed by atoms with Crippen LogP contribution in [0.4, 0.5) is 0 Å². The van der Waals surface area contributed by atoms with Crippen molar-refractivity contribution in [2.75, 3.05) is 6.54 Å². The molecule has 2 rings (SSSR count). The number of aliphatic carboxylic acids is 1. The molecule has 0 radical (unpaired) electrons. The highest BCUT2D eigenvalue weighted by molar-refractivity contribution is 9.10. The molecule has 0 spiro atoms. The molecular weight excluding hydrogens is 346 g/mol. The fourth-order valence-corrected chi connectivity index (χ4v) is 3.07. The van der Waals surface area contributed by atoms with E-state index in [2.05, 4.69) is 15.9 Å². The first-order chi connectivity index (χ1) is 9.40. The number of carbonyl (C=O) groups is 2. The molecule has 20 heavy (non-hydrogen) atoms. The van der Waals surface area contributed by atoms with Crippen LogP contribution >= 0.6 is 27.5 Å². The zero-order valence-electron chi connectivity index (χ0n) is 11.0. The first-order valence-corrected chi connectivity index (χ1v) is 7.56. The Kier molecular flexibility index (Phi) is 4.70. The van der Waals surface area contributed by atoms with Gasteiger partial charge in [-0.3, -0.25) is 9.59 Å². The molecule has 1 aliphatic heterocycles. The van der Waals surface area contributed by atoms with Crippen LogP contribution in [0.3, 0.4) is 0 Å². The van der Waals surface area contributed by atoms with Crippen molar-refractivity contribution in [2.45, 2.75) is 25.8 Å². The monoisotopic (exact) mass is 359 g/mol. The fourth-order valence-electron chi connectivity index (χ4n) is 2.51. The van der Waals surface area contributed by atoms with Gasteiger partial charge in [-0.15, -0.1) is 0 Å². The number of carboxylic acids is 1. The molecule has 1 fully saturated rings. The number of carbonyl (C=O) groups excluding carboxylic acids is 1. The van der Waals surface area contributed by atoms with Crippen molar-refractivity contribution in [1.29, 1.82) is 0 Å². The maximum absolute atomic E-state index is 12.5. The number of halogens is 2. The second kappa shape index (κ2) is 6.14. The average Bonchev–Trinajstić information content (AvgIpc) is 2.40. The van der Waals surface area contributed by atoms with Crippen LogP contribution in [0.25, 0.3) is 0 Å². The van der Waals surface area contributed by atoms with Crippen LogP contribution in [0.2, 0.25) is 5.02 Å². The summed E-state index contributed by atoms with van der Waals surface area (Å²) >= 11 is 9.40. The van der Waals surface area contributed by atoms with Gasteiger partial charge in [0.15, 0.2) is 0 Å². The minimum Gasteiger partial charge on any atom is -0.481 e. The molecule has 6 heteroatoms. The number of benzene rings is 1. The van der Waals surface area contributed by atoms with Gasteiger partial charge in [-0.1, -0.05) is 27.5 Å². The highest BCUT2D eigenvalue weighted by Crippen LogP contribution is 2.28. The quantitative estimate of drug-likeness (QED) is 0.879. The third-order valence-corrected chi connectivity index (χ3v) is 4.47. The molecule has 1 aliphatic rings. The van der Waals surface area contributed by atoms with Crippen LogP contribution in [0.15, 0.2) is 22.7 Å². The van der Waals surface area contributed by atoms with E-state index in [4.69, 9.17) is 16.7 Å². The highest BCUT2D eigenvalue weighted by atomic mass is 79.9. The zero-order chi connectivity index (χ0) is 14.9. The van der Waals surface area contributed by atoms with E-state index in [1.807, 2.05) is 6.92 Å². The van der Waals surface area contributed by atoms with Gasteiger partial charge in [0.2, 0.25) is 0 Å².